The van der Waals surface area contributed by atoms with E-state index in [-0.39, 0.29) is 12.0 Å². The molecular weight excluding hydrogens is 200 g/mol. The Labute approximate surface area is 98.4 Å². The molecule has 1 saturated heterocycles. The fourth-order valence-electron chi connectivity index (χ4n) is 3.21. The van der Waals surface area contributed by atoms with Gasteiger partial charge in [0.25, 0.3) is 0 Å². The van der Waals surface area contributed by atoms with Gasteiger partial charge in [0.15, 0.2) is 0 Å². The van der Waals surface area contributed by atoms with Crippen LogP contribution in [0, 0.1) is 11.8 Å². The summed E-state index contributed by atoms with van der Waals surface area (Å²) in [5.74, 6) is 0.893. The summed E-state index contributed by atoms with van der Waals surface area (Å²) in [5.41, 5.74) is 6.13. The van der Waals surface area contributed by atoms with Crippen molar-refractivity contribution in [3.63, 3.8) is 0 Å². The van der Waals surface area contributed by atoms with Crippen LogP contribution in [0.4, 0.5) is 0 Å². The molecule has 1 heterocycles. The Morgan fingerprint density at radius 2 is 1.81 bits per heavy atom. The van der Waals surface area contributed by atoms with Crippen LogP contribution in [0.5, 0.6) is 0 Å². The van der Waals surface area contributed by atoms with Gasteiger partial charge in [-0.25, -0.2) is 0 Å². The van der Waals surface area contributed by atoms with E-state index < -0.39 is 0 Å². The van der Waals surface area contributed by atoms with Crippen LogP contribution in [0.15, 0.2) is 0 Å². The Hall–Kier alpha value is -0.570. The number of hydrogen-bond donors (Lipinski definition) is 1. The fraction of sp³-hybridized carbons (Fsp3) is 0.923. The summed E-state index contributed by atoms with van der Waals surface area (Å²) in [4.78, 5) is 14.5. The van der Waals surface area contributed by atoms with Gasteiger partial charge in [-0.15, -0.1) is 0 Å². The van der Waals surface area contributed by atoms with E-state index in [1.54, 1.807) is 0 Å². The second-order valence-electron chi connectivity index (χ2n) is 5.48. The molecule has 0 aromatic carbocycles. The van der Waals surface area contributed by atoms with E-state index in [1.165, 1.54) is 25.7 Å². The van der Waals surface area contributed by atoms with E-state index in [4.69, 9.17) is 5.73 Å². The van der Waals surface area contributed by atoms with Gasteiger partial charge in [-0.3, -0.25) is 4.79 Å². The first-order valence-corrected chi connectivity index (χ1v) is 6.74. The SMILES string of the molecule is CC1CCCC(N)C1C(=O)N1CCCCC1. The molecule has 3 nitrogen and oxygen atoms in total. The van der Waals surface area contributed by atoms with Crippen LogP contribution < -0.4 is 5.73 Å². The van der Waals surface area contributed by atoms with E-state index in [9.17, 15) is 4.79 Å². The molecule has 2 fully saturated rings. The van der Waals surface area contributed by atoms with Gasteiger partial charge < -0.3 is 10.6 Å². The predicted octanol–water partition coefficient (Wildman–Crippen LogP) is 1.76. The van der Waals surface area contributed by atoms with Crippen LogP contribution in [0.25, 0.3) is 0 Å². The largest absolute Gasteiger partial charge is 0.342 e. The maximum atomic E-state index is 12.4. The number of amides is 1. The van der Waals surface area contributed by atoms with Gasteiger partial charge in [0.2, 0.25) is 5.91 Å². The lowest BCUT2D eigenvalue weighted by molar-refractivity contribution is -0.139. The second-order valence-corrected chi connectivity index (χ2v) is 5.48. The van der Waals surface area contributed by atoms with Crippen molar-refractivity contribution in [2.75, 3.05) is 13.1 Å². The van der Waals surface area contributed by atoms with Crippen LogP contribution >= 0.6 is 0 Å². The van der Waals surface area contributed by atoms with Crippen molar-refractivity contribution in [1.82, 2.24) is 4.90 Å². The van der Waals surface area contributed by atoms with Crippen molar-refractivity contribution in [3.05, 3.63) is 0 Å². The van der Waals surface area contributed by atoms with Gasteiger partial charge in [-0.2, -0.15) is 0 Å². The minimum Gasteiger partial charge on any atom is -0.342 e. The first-order chi connectivity index (χ1) is 7.70. The van der Waals surface area contributed by atoms with E-state index in [1.807, 2.05) is 0 Å². The topological polar surface area (TPSA) is 46.3 Å². The quantitative estimate of drug-likeness (QED) is 0.737. The Balaban J connectivity index is 2.00. The molecule has 3 heteroatoms. The molecule has 2 N–H and O–H groups in total. The molecule has 92 valence electrons. The fourth-order valence-corrected chi connectivity index (χ4v) is 3.21. The van der Waals surface area contributed by atoms with Gasteiger partial charge in [0.05, 0.1) is 5.92 Å². The number of nitrogens with zero attached hydrogens (tertiary/aromatic N) is 1. The van der Waals surface area contributed by atoms with Crippen molar-refractivity contribution >= 4 is 5.91 Å². The average molecular weight is 224 g/mol. The molecule has 0 radical (unpaired) electrons. The lowest BCUT2D eigenvalue weighted by atomic mass is 9.76. The van der Waals surface area contributed by atoms with E-state index in [0.29, 0.717) is 11.8 Å². The normalized spacial score (nSPS) is 36.1. The lowest BCUT2D eigenvalue weighted by Gasteiger charge is -2.38. The van der Waals surface area contributed by atoms with Crippen LogP contribution in [0.2, 0.25) is 0 Å². The van der Waals surface area contributed by atoms with Crippen molar-refractivity contribution in [2.45, 2.75) is 51.5 Å². The van der Waals surface area contributed by atoms with Crippen molar-refractivity contribution < 1.29 is 4.79 Å². The molecule has 1 aliphatic heterocycles. The lowest BCUT2D eigenvalue weighted by Crippen LogP contribution is -2.50. The first-order valence-electron chi connectivity index (χ1n) is 6.74. The zero-order valence-electron chi connectivity index (χ0n) is 10.3. The minimum absolute atomic E-state index is 0.0897. The molecule has 2 rings (SSSR count). The van der Waals surface area contributed by atoms with Crippen molar-refractivity contribution in [1.29, 1.82) is 0 Å². The van der Waals surface area contributed by atoms with E-state index in [0.717, 1.165) is 25.9 Å². The molecule has 1 saturated carbocycles. The maximum absolute atomic E-state index is 12.4. The molecule has 3 unspecified atom stereocenters. The third kappa shape index (κ3) is 2.40. The molecule has 1 aliphatic carbocycles. The summed E-state index contributed by atoms with van der Waals surface area (Å²) < 4.78 is 0. The smallest absolute Gasteiger partial charge is 0.227 e. The van der Waals surface area contributed by atoms with E-state index in [2.05, 4.69) is 11.8 Å². The number of carbonyl (C=O) groups is 1. The van der Waals surface area contributed by atoms with Crippen molar-refractivity contribution in [2.24, 2.45) is 17.6 Å². The highest BCUT2D eigenvalue weighted by Crippen LogP contribution is 2.31. The predicted molar refractivity (Wildman–Crippen MR) is 64.9 cm³/mol. The van der Waals surface area contributed by atoms with Gasteiger partial charge in [-0.05, 0) is 38.0 Å². The van der Waals surface area contributed by atoms with Crippen LogP contribution in [-0.2, 0) is 4.79 Å². The van der Waals surface area contributed by atoms with E-state index >= 15 is 0 Å². The number of rotatable bonds is 1. The number of piperidine rings is 1. The molecular formula is C13H24N2O. The number of hydrogen-bond acceptors (Lipinski definition) is 2. The van der Waals surface area contributed by atoms with Gasteiger partial charge in [0, 0.05) is 19.1 Å². The molecule has 1 amide bonds. The van der Waals surface area contributed by atoms with Crippen LogP contribution in [0.1, 0.15) is 45.4 Å². The highest BCUT2D eigenvalue weighted by atomic mass is 16.2. The van der Waals surface area contributed by atoms with Crippen LogP contribution in [-0.4, -0.2) is 29.9 Å². The second kappa shape index (κ2) is 5.17. The average Bonchev–Trinajstić information content (AvgIpc) is 2.30. The van der Waals surface area contributed by atoms with Gasteiger partial charge >= 0.3 is 0 Å². The maximum Gasteiger partial charge on any atom is 0.227 e. The minimum atomic E-state index is 0.0897. The molecule has 0 aromatic heterocycles. The summed E-state index contributed by atoms with van der Waals surface area (Å²) in [7, 11) is 0. The third-order valence-electron chi connectivity index (χ3n) is 4.22. The van der Waals surface area contributed by atoms with Crippen LogP contribution in [0.3, 0.4) is 0 Å². The van der Waals surface area contributed by atoms with Gasteiger partial charge in [-0.1, -0.05) is 13.3 Å². The monoisotopic (exact) mass is 224 g/mol. The highest BCUT2D eigenvalue weighted by molar-refractivity contribution is 5.80. The Kier molecular flexibility index (Phi) is 3.85. The summed E-state index contributed by atoms with van der Waals surface area (Å²) in [6.45, 7) is 4.09. The first kappa shape index (κ1) is 11.9. The zero-order valence-corrected chi connectivity index (χ0v) is 10.3. The summed E-state index contributed by atoms with van der Waals surface area (Å²) >= 11 is 0. The number of nitrogens with two attached hydrogens (primary N) is 1. The molecule has 3 atom stereocenters. The molecule has 0 aromatic rings. The Bertz CT molecular complexity index is 238. The third-order valence-corrected chi connectivity index (χ3v) is 4.22. The molecule has 16 heavy (non-hydrogen) atoms. The zero-order chi connectivity index (χ0) is 11.5. The molecule has 0 bridgehead atoms. The number of carbonyl (C=O) groups excluding carboxylic acids is 1. The Morgan fingerprint density at radius 3 is 2.44 bits per heavy atom. The summed E-state index contributed by atoms with van der Waals surface area (Å²) in [6, 6.07) is 0.0955. The Morgan fingerprint density at radius 1 is 1.12 bits per heavy atom. The van der Waals surface area contributed by atoms with Gasteiger partial charge in [0.1, 0.15) is 0 Å². The molecule has 2 aliphatic rings. The highest BCUT2D eigenvalue weighted by Gasteiger charge is 2.36. The summed E-state index contributed by atoms with van der Waals surface area (Å²) in [6.07, 6.45) is 6.98. The standard InChI is InChI=1S/C13H24N2O/c1-10-6-5-7-11(14)12(10)13(16)15-8-3-2-4-9-15/h10-12H,2-9,14H2,1H3. The molecule has 0 spiro atoms. The number of likely N-dealkylation sites (tertiary alicyclic amines) is 1. The summed E-state index contributed by atoms with van der Waals surface area (Å²) in [5, 5.41) is 0. The van der Waals surface area contributed by atoms with Crippen molar-refractivity contribution in [3.8, 4) is 0 Å².